The average molecular weight is 295 g/mol. The Hall–Kier alpha value is -1.60. The van der Waals surface area contributed by atoms with Gasteiger partial charge >= 0.3 is 0 Å². The lowest BCUT2D eigenvalue weighted by Crippen LogP contribution is -2.42. The van der Waals surface area contributed by atoms with E-state index in [0.717, 1.165) is 36.6 Å². The number of nitrogens with one attached hydrogen (secondary N) is 1. The summed E-state index contributed by atoms with van der Waals surface area (Å²) in [5, 5.41) is 3.55. The lowest BCUT2D eigenvalue weighted by molar-refractivity contribution is 0.0961. The number of thiazole rings is 1. The summed E-state index contributed by atoms with van der Waals surface area (Å²) in [5.74, 6) is 0.0823. The maximum atomic E-state index is 12.0. The number of nitrogens with zero attached hydrogens (tertiary/aromatic N) is 2. The van der Waals surface area contributed by atoms with Crippen molar-refractivity contribution in [2.24, 2.45) is 5.73 Å². The molecule has 1 amide bonds. The molecule has 1 aromatic heterocycles. The van der Waals surface area contributed by atoms with Gasteiger partial charge in [-0.05, 0) is 19.8 Å². The maximum Gasteiger partial charge on any atom is 0.265 e. The number of hydrogen-bond acceptors (Lipinski definition) is 6. The molecule has 0 aromatic carbocycles. The number of carbonyl (C=O) groups is 1. The average Bonchev–Trinajstić information content (AvgIpc) is 2.78. The zero-order chi connectivity index (χ0) is 14.7. The molecule has 0 spiro atoms. The number of hydrogen-bond donors (Lipinski definition) is 3. The van der Waals surface area contributed by atoms with E-state index in [1.807, 2.05) is 6.92 Å². The molecule has 1 fully saturated rings. The summed E-state index contributed by atoms with van der Waals surface area (Å²) in [5.41, 5.74) is 12.7. The molecule has 0 aliphatic carbocycles. The highest BCUT2D eigenvalue weighted by molar-refractivity contribution is 7.18. The number of nitrogens with two attached hydrogens (primary N) is 2. The summed E-state index contributed by atoms with van der Waals surface area (Å²) in [6.45, 7) is 7.73. The standard InChI is InChI=1S/C13H21N5OS/c1-8(2)6-16-12(19)10-11(15)17-13(20-10)18-5-3-4-9(14)7-18/h9H,1,3-7,14-15H2,2H3,(H,16,19). The number of amides is 1. The Balaban J connectivity index is 2.08. The molecule has 1 aromatic rings. The van der Waals surface area contributed by atoms with E-state index in [-0.39, 0.29) is 17.8 Å². The van der Waals surface area contributed by atoms with E-state index >= 15 is 0 Å². The molecule has 0 saturated carbocycles. The smallest absolute Gasteiger partial charge is 0.265 e. The Labute approximate surface area is 122 Å². The third kappa shape index (κ3) is 3.49. The summed E-state index contributed by atoms with van der Waals surface area (Å²) in [7, 11) is 0. The van der Waals surface area contributed by atoms with Gasteiger partial charge in [-0.2, -0.15) is 0 Å². The second kappa shape index (κ2) is 6.23. The highest BCUT2D eigenvalue weighted by Crippen LogP contribution is 2.29. The van der Waals surface area contributed by atoms with E-state index in [9.17, 15) is 4.79 Å². The van der Waals surface area contributed by atoms with Gasteiger partial charge in [-0.15, -0.1) is 0 Å². The second-order valence-electron chi connectivity index (χ2n) is 5.20. The van der Waals surface area contributed by atoms with Crippen LogP contribution in [0.2, 0.25) is 0 Å². The number of carbonyl (C=O) groups excluding carboxylic acids is 1. The van der Waals surface area contributed by atoms with E-state index in [4.69, 9.17) is 11.5 Å². The van der Waals surface area contributed by atoms with Crippen molar-refractivity contribution in [2.45, 2.75) is 25.8 Å². The van der Waals surface area contributed by atoms with Crippen LogP contribution in [0.1, 0.15) is 29.4 Å². The van der Waals surface area contributed by atoms with Gasteiger partial charge in [0.05, 0.1) is 0 Å². The van der Waals surface area contributed by atoms with Crippen molar-refractivity contribution in [2.75, 3.05) is 30.3 Å². The van der Waals surface area contributed by atoms with E-state index in [1.165, 1.54) is 11.3 Å². The fourth-order valence-corrected chi connectivity index (χ4v) is 3.05. The normalized spacial score (nSPS) is 18.9. The predicted molar refractivity (Wildman–Crippen MR) is 83.1 cm³/mol. The number of aromatic nitrogens is 1. The Morgan fingerprint density at radius 3 is 3.05 bits per heavy atom. The van der Waals surface area contributed by atoms with Crippen LogP contribution in [0.15, 0.2) is 12.2 Å². The lowest BCUT2D eigenvalue weighted by atomic mass is 10.1. The minimum atomic E-state index is -0.199. The van der Waals surface area contributed by atoms with Gasteiger partial charge < -0.3 is 21.7 Å². The SMILES string of the molecule is C=C(C)CNC(=O)c1sc(N2CCCC(N)C2)nc1N. The summed E-state index contributed by atoms with van der Waals surface area (Å²) in [6.07, 6.45) is 2.07. The molecule has 2 rings (SSSR count). The van der Waals surface area contributed by atoms with Gasteiger partial charge in [0, 0.05) is 25.7 Å². The van der Waals surface area contributed by atoms with Gasteiger partial charge in [-0.3, -0.25) is 4.79 Å². The van der Waals surface area contributed by atoms with E-state index in [0.29, 0.717) is 11.4 Å². The zero-order valence-corrected chi connectivity index (χ0v) is 12.5. The highest BCUT2D eigenvalue weighted by atomic mass is 32.1. The molecule has 1 aliphatic heterocycles. The molecule has 1 saturated heterocycles. The molecule has 0 bridgehead atoms. The van der Waals surface area contributed by atoms with Gasteiger partial charge in [0.15, 0.2) is 5.13 Å². The molecular weight excluding hydrogens is 274 g/mol. The van der Waals surface area contributed by atoms with Gasteiger partial charge in [-0.25, -0.2) is 4.98 Å². The van der Waals surface area contributed by atoms with Crippen molar-refractivity contribution in [1.82, 2.24) is 10.3 Å². The minimum absolute atomic E-state index is 0.162. The molecule has 2 heterocycles. The maximum absolute atomic E-state index is 12.0. The van der Waals surface area contributed by atoms with Crippen LogP contribution in [-0.4, -0.2) is 36.6 Å². The Bertz CT molecular complexity index is 513. The van der Waals surface area contributed by atoms with Gasteiger partial charge in [0.2, 0.25) is 0 Å². The summed E-state index contributed by atoms with van der Waals surface area (Å²) < 4.78 is 0. The first-order valence-corrected chi connectivity index (χ1v) is 7.48. The Kier molecular flexibility index (Phi) is 4.61. The third-order valence-corrected chi connectivity index (χ3v) is 4.26. The predicted octanol–water partition coefficient (Wildman–Crippen LogP) is 0.959. The van der Waals surface area contributed by atoms with Crippen molar-refractivity contribution in [3.8, 4) is 0 Å². The van der Waals surface area contributed by atoms with Crippen LogP contribution in [0.3, 0.4) is 0 Å². The Morgan fingerprint density at radius 2 is 2.40 bits per heavy atom. The highest BCUT2D eigenvalue weighted by Gasteiger charge is 2.23. The first-order chi connectivity index (χ1) is 9.47. The van der Waals surface area contributed by atoms with Crippen molar-refractivity contribution >= 4 is 28.2 Å². The molecule has 0 radical (unpaired) electrons. The topological polar surface area (TPSA) is 97.3 Å². The molecule has 20 heavy (non-hydrogen) atoms. The largest absolute Gasteiger partial charge is 0.382 e. The minimum Gasteiger partial charge on any atom is -0.382 e. The summed E-state index contributed by atoms with van der Waals surface area (Å²) >= 11 is 1.32. The van der Waals surface area contributed by atoms with Crippen LogP contribution in [0.5, 0.6) is 0 Å². The van der Waals surface area contributed by atoms with Crippen molar-refractivity contribution in [3.63, 3.8) is 0 Å². The second-order valence-corrected chi connectivity index (χ2v) is 6.18. The fraction of sp³-hybridized carbons (Fsp3) is 0.538. The van der Waals surface area contributed by atoms with Crippen LogP contribution in [0, 0.1) is 0 Å². The third-order valence-electron chi connectivity index (χ3n) is 3.13. The monoisotopic (exact) mass is 295 g/mol. The molecule has 5 N–H and O–H groups in total. The molecule has 110 valence electrons. The van der Waals surface area contributed by atoms with Crippen LogP contribution in [0.25, 0.3) is 0 Å². The van der Waals surface area contributed by atoms with Crippen molar-refractivity contribution in [3.05, 3.63) is 17.0 Å². The first-order valence-electron chi connectivity index (χ1n) is 6.66. The van der Waals surface area contributed by atoms with E-state index in [2.05, 4.69) is 21.8 Å². The van der Waals surface area contributed by atoms with Gasteiger partial charge in [-0.1, -0.05) is 23.5 Å². The van der Waals surface area contributed by atoms with Crippen LogP contribution in [-0.2, 0) is 0 Å². The lowest BCUT2D eigenvalue weighted by Gasteiger charge is -2.30. The van der Waals surface area contributed by atoms with E-state index in [1.54, 1.807) is 0 Å². The first kappa shape index (κ1) is 14.8. The van der Waals surface area contributed by atoms with Gasteiger partial charge in [0.25, 0.3) is 5.91 Å². The zero-order valence-electron chi connectivity index (χ0n) is 11.7. The Morgan fingerprint density at radius 1 is 1.65 bits per heavy atom. The van der Waals surface area contributed by atoms with Crippen molar-refractivity contribution < 1.29 is 4.79 Å². The summed E-state index contributed by atoms with van der Waals surface area (Å²) in [6, 6.07) is 0.162. The summed E-state index contributed by atoms with van der Waals surface area (Å²) in [4.78, 5) is 18.9. The molecule has 7 heteroatoms. The van der Waals surface area contributed by atoms with Crippen molar-refractivity contribution in [1.29, 1.82) is 0 Å². The number of rotatable bonds is 4. The molecule has 1 unspecified atom stereocenters. The van der Waals surface area contributed by atoms with Crippen LogP contribution in [0.4, 0.5) is 10.9 Å². The molecule has 6 nitrogen and oxygen atoms in total. The van der Waals surface area contributed by atoms with E-state index < -0.39 is 0 Å². The quantitative estimate of drug-likeness (QED) is 0.719. The molecular formula is C13H21N5OS. The van der Waals surface area contributed by atoms with Gasteiger partial charge in [0.1, 0.15) is 10.7 Å². The molecule has 1 atom stereocenters. The number of nitrogen functional groups attached to an aromatic ring is 1. The fourth-order valence-electron chi connectivity index (χ4n) is 2.11. The van der Waals surface area contributed by atoms with Crippen LogP contribution < -0.4 is 21.7 Å². The number of piperidine rings is 1. The molecule has 1 aliphatic rings. The van der Waals surface area contributed by atoms with Crippen LogP contribution >= 0.6 is 11.3 Å². The number of anilines is 2.